The van der Waals surface area contributed by atoms with E-state index >= 15 is 0 Å². The van der Waals surface area contributed by atoms with Gasteiger partial charge in [0.05, 0.1) is 8.47 Å². The molecule has 0 aromatic rings. The molecule has 0 radical (unpaired) electrons. The highest BCUT2D eigenvalue weighted by Crippen LogP contribution is 2.33. The number of unbranched alkanes of at least 4 members (excludes halogenated alkanes) is 4. The number of thioether (sulfide) groups is 2. The van der Waals surface area contributed by atoms with Crippen LogP contribution in [0.1, 0.15) is 52.4 Å². The fourth-order valence-corrected chi connectivity index (χ4v) is 3.78. The summed E-state index contributed by atoms with van der Waals surface area (Å²) in [6, 6.07) is 0. The SMILES string of the molecule is CCCCCS/C(S)=C(/S)SCCCCC. The largest absolute Gasteiger partial charge is 0.135 e. The zero-order valence-corrected chi connectivity index (χ0v) is 13.8. The maximum absolute atomic E-state index is 4.50. The predicted octanol–water partition coefficient (Wildman–Crippen LogP) is 5.82. The minimum absolute atomic E-state index is 1.10. The van der Waals surface area contributed by atoms with Crippen molar-refractivity contribution in [2.45, 2.75) is 52.4 Å². The topological polar surface area (TPSA) is 0 Å². The van der Waals surface area contributed by atoms with Gasteiger partial charge in [-0.15, -0.1) is 48.8 Å². The van der Waals surface area contributed by atoms with Crippen molar-refractivity contribution in [2.24, 2.45) is 0 Å². The molecule has 0 nitrogen and oxygen atoms in total. The second-order valence-corrected chi connectivity index (χ2v) is 7.43. The van der Waals surface area contributed by atoms with Gasteiger partial charge in [-0.25, -0.2) is 0 Å². The van der Waals surface area contributed by atoms with E-state index in [1.54, 1.807) is 0 Å². The fourth-order valence-electron chi connectivity index (χ4n) is 1.17. The van der Waals surface area contributed by atoms with Crippen LogP contribution >= 0.6 is 48.8 Å². The molecule has 0 heterocycles. The molecule has 96 valence electrons. The Balaban J connectivity index is 3.60. The van der Waals surface area contributed by atoms with E-state index < -0.39 is 0 Å². The van der Waals surface area contributed by atoms with Crippen LogP contribution in [-0.4, -0.2) is 11.5 Å². The second kappa shape index (κ2) is 12.6. The number of hydrogen-bond acceptors (Lipinski definition) is 4. The molecule has 0 aromatic heterocycles. The Labute approximate surface area is 121 Å². The van der Waals surface area contributed by atoms with Crippen molar-refractivity contribution in [2.75, 3.05) is 11.5 Å². The van der Waals surface area contributed by atoms with Crippen molar-refractivity contribution in [1.29, 1.82) is 0 Å². The Kier molecular flexibility index (Phi) is 13.5. The quantitative estimate of drug-likeness (QED) is 0.385. The lowest BCUT2D eigenvalue weighted by atomic mass is 10.3. The van der Waals surface area contributed by atoms with Gasteiger partial charge in [0.25, 0.3) is 0 Å². The van der Waals surface area contributed by atoms with E-state index in [4.69, 9.17) is 0 Å². The van der Waals surface area contributed by atoms with Gasteiger partial charge in [-0.2, -0.15) is 0 Å². The molecule has 0 N–H and O–H groups in total. The second-order valence-electron chi connectivity index (χ2n) is 3.72. The van der Waals surface area contributed by atoms with Crippen molar-refractivity contribution in [3.05, 3.63) is 8.47 Å². The number of rotatable bonds is 10. The summed E-state index contributed by atoms with van der Waals surface area (Å²) in [6.07, 6.45) is 7.77. The van der Waals surface area contributed by atoms with Crippen LogP contribution in [0, 0.1) is 0 Å². The van der Waals surface area contributed by atoms with E-state index in [0.29, 0.717) is 0 Å². The molecular weight excluding hydrogens is 272 g/mol. The van der Waals surface area contributed by atoms with Gasteiger partial charge in [0, 0.05) is 0 Å². The molecule has 0 saturated carbocycles. The summed E-state index contributed by atoms with van der Waals surface area (Å²) < 4.78 is 2.20. The zero-order chi connectivity index (χ0) is 12.2. The first-order valence-corrected chi connectivity index (χ1v) is 8.96. The normalized spacial score (nSPS) is 12.8. The maximum atomic E-state index is 4.50. The summed E-state index contributed by atoms with van der Waals surface area (Å²) in [6.45, 7) is 4.46. The van der Waals surface area contributed by atoms with Crippen LogP contribution < -0.4 is 0 Å². The van der Waals surface area contributed by atoms with Crippen LogP contribution in [-0.2, 0) is 0 Å². The highest BCUT2D eigenvalue weighted by molar-refractivity contribution is 8.21. The van der Waals surface area contributed by atoms with E-state index in [9.17, 15) is 0 Å². The van der Waals surface area contributed by atoms with Gasteiger partial charge in [-0.1, -0.05) is 39.5 Å². The first-order valence-electron chi connectivity index (χ1n) is 6.10. The molecule has 0 saturated heterocycles. The third-order valence-corrected chi connectivity index (χ3v) is 5.93. The van der Waals surface area contributed by atoms with E-state index in [-0.39, 0.29) is 0 Å². The molecule has 0 aromatic carbocycles. The first kappa shape index (κ1) is 17.1. The summed E-state index contributed by atoms with van der Waals surface area (Å²) in [5, 5.41) is 0. The molecule has 16 heavy (non-hydrogen) atoms. The van der Waals surface area contributed by atoms with E-state index in [1.165, 1.54) is 50.0 Å². The summed E-state index contributed by atoms with van der Waals surface area (Å²) in [4.78, 5) is 0. The van der Waals surface area contributed by atoms with E-state index in [1.807, 2.05) is 23.5 Å². The molecule has 0 atom stereocenters. The molecule has 4 heteroatoms. The summed E-state index contributed by atoms with van der Waals surface area (Å²) in [7, 11) is 0. The Morgan fingerprint density at radius 1 is 0.750 bits per heavy atom. The molecule has 0 fully saturated rings. The average molecular weight is 297 g/mol. The molecule has 0 bridgehead atoms. The van der Waals surface area contributed by atoms with Crippen molar-refractivity contribution < 1.29 is 0 Å². The van der Waals surface area contributed by atoms with Crippen LogP contribution in [0.15, 0.2) is 8.47 Å². The van der Waals surface area contributed by atoms with Crippen molar-refractivity contribution in [3.8, 4) is 0 Å². The number of hydrogen-bond donors (Lipinski definition) is 2. The van der Waals surface area contributed by atoms with Crippen molar-refractivity contribution in [1.82, 2.24) is 0 Å². The lowest BCUT2D eigenvalue weighted by Gasteiger charge is -2.05. The van der Waals surface area contributed by atoms with Gasteiger partial charge in [-0.3, -0.25) is 0 Å². The molecule has 0 rings (SSSR count). The summed E-state index contributed by atoms with van der Waals surface area (Å²) in [5.41, 5.74) is 0. The highest BCUT2D eigenvalue weighted by Gasteiger charge is 2.01. The predicted molar refractivity (Wildman–Crippen MR) is 89.0 cm³/mol. The van der Waals surface area contributed by atoms with Crippen LogP contribution in [0.25, 0.3) is 0 Å². The number of thiol groups is 2. The molecule has 0 unspecified atom stereocenters. The minimum atomic E-state index is 1.10. The monoisotopic (exact) mass is 296 g/mol. The van der Waals surface area contributed by atoms with Crippen molar-refractivity contribution in [3.63, 3.8) is 0 Å². The van der Waals surface area contributed by atoms with Crippen LogP contribution in [0.4, 0.5) is 0 Å². The molecule has 0 aliphatic rings. The molecular formula is C12H24S4. The Morgan fingerprint density at radius 2 is 1.12 bits per heavy atom. The highest BCUT2D eigenvalue weighted by atomic mass is 32.2. The molecule has 0 aliphatic heterocycles. The van der Waals surface area contributed by atoms with Gasteiger partial charge in [0.15, 0.2) is 0 Å². The Hall–Kier alpha value is 1.14. The summed E-state index contributed by atoms with van der Waals surface area (Å²) in [5.74, 6) is 2.35. The maximum Gasteiger partial charge on any atom is 0.0569 e. The third kappa shape index (κ3) is 10.3. The van der Waals surface area contributed by atoms with Gasteiger partial charge in [-0.05, 0) is 24.3 Å². The van der Waals surface area contributed by atoms with Gasteiger partial charge < -0.3 is 0 Å². The average Bonchev–Trinajstić information content (AvgIpc) is 2.29. The van der Waals surface area contributed by atoms with Gasteiger partial charge in [0.1, 0.15) is 0 Å². The van der Waals surface area contributed by atoms with Crippen molar-refractivity contribution >= 4 is 48.8 Å². The van der Waals surface area contributed by atoms with Crippen LogP contribution in [0.3, 0.4) is 0 Å². The zero-order valence-electron chi connectivity index (χ0n) is 10.4. The van der Waals surface area contributed by atoms with E-state index in [0.717, 1.165) is 8.47 Å². The molecule has 0 aliphatic carbocycles. The van der Waals surface area contributed by atoms with Crippen LogP contribution in [0.5, 0.6) is 0 Å². The van der Waals surface area contributed by atoms with Crippen LogP contribution in [0.2, 0.25) is 0 Å². The molecule has 0 amide bonds. The minimum Gasteiger partial charge on any atom is -0.135 e. The fraction of sp³-hybridized carbons (Fsp3) is 0.833. The lowest BCUT2D eigenvalue weighted by molar-refractivity contribution is 0.779. The third-order valence-electron chi connectivity index (χ3n) is 2.16. The van der Waals surface area contributed by atoms with Gasteiger partial charge in [0.2, 0.25) is 0 Å². The first-order chi connectivity index (χ1) is 7.72. The molecule has 0 spiro atoms. The lowest BCUT2D eigenvalue weighted by Crippen LogP contribution is -1.82. The summed E-state index contributed by atoms with van der Waals surface area (Å²) >= 11 is 12.7. The van der Waals surface area contributed by atoms with Gasteiger partial charge >= 0.3 is 0 Å². The Bertz CT molecular complexity index is 169. The standard InChI is InChI=1S/C12H24S4/c1-3-5-7-9-15-11(13)12(14)16-10-8-6-4-2/h13-14H,3-10H2,1-2H3/b12-11-. The Morgan fingerprint density at radius 3 is 1.44 bits per heavy atom. The smallest absolute Gasteiger partial charge is 0.0569 e. The van der Waals surface area contributed by atoms with E-state index in [2.05, 4.69) is 39.1 Å².